The van der Waals surface area contributed by atoms with E-state index in [0.29, 0.717) is 5.69 Å². The summed E-state index contributed by atoms with van der Waals surface area (Å²) in [7, 11) is 0. The molecule has 2 rings (SSSR count). The Hall–Kier alpha value is -1.36. The Labute approximate surface area is 107 Å². The van der Waals surface area contributed by atoms with Crippen molar-refractivity contribution in [2.45, 2.75) is 45.7 Å². The van der Waals surface area contributed by atoms with E-state index < -0.39 is 0 Å². The lowest BCUT2D eigenvalue weighted by Gasteiger charge is -2.19. The molecule has 2 heterocycles. The molecule has 0 spiro atoms. The number of hydrogen-bond acceptors (Lipinski definition) is 3. The summed E-state index contributed by atoms with van der Waals surface area (Å²) >= 11 is 0. The summed E-state index contributed by atoms with van der Waals surface area (Å²) in [4.78, 5) is 16.4. The van der Waals surface area contributed by atoms with Gasteiger partial charge in [-0.25, -0.2) is 4.98 Å². The predicted octanol–water partition coefficient (Wildman–Crippen LogP) is 0.966. The fraction of sp³-hybridized carbons (Fsp3) is 0.692. The van der Waals surface area contributed by atoms with Crippen LogP contribution in [0.5, 0.6) is 0 Å². The Morgan fingerprint density at radius 2 is 2.33 bits per heavy atom. The van der Waals surface area contributed by atoms with Crippen LogP contribution in [0.1, 0.15) is 43.0 Å². The highest BCUT2D eigenvalue weighted by Crippen LogP contribution is 2.14. The van der Waals surface area contributed by atoms with E-state index in [1.165, 1.54) is 0 Å². The predicted molar refractivity (Wildman–Crippen MR) is 68.3 cm³/mol. The van der Waals surface area contributed by atoms with Crippen LogP contribution in [0, 0.1) is 5.92 Å². The Balaban J connectivity index is 2.06. The van der Waals surface area contributed by atoms with Crippen LogP contribution in [0.4, 0.5) is 0 Å². The van der Waals surface area contributed by atoms with Crippen LogP contribution in [-0.2, 0) is 13.0 Å². The summed E-state index contributed by atoms with van der Waals surface area (Å²) in [5, 5.41) is 12.0. The summed E-state index contributed by atoms with van der Waals surface area (Å²) in [6.45, 7) is 4.85. The molecule has 5 heteroatoms. The Kier molecular flexibility index (Phi) is 4.01. The van der Waals surface area contributed by atoms with Gasteiger partial charge in [-0.3, -0.25) is 4.79 Å². The topological polar surface area (TPSA) is 67.2 Å². The molecule has 1 amide bonds. The quantitative estimate of drug-likeness (QED) is 0.837. The van der Waals surface area contributed by atoms with E-state index in [2.05, 4.69) is 14.9 Å². The lowest BCUT2D eigenvalue weighted by Crippen LogP contribution is -2.41. The van der Waals surface area contributed by atoms with Crippen LogP contribution in [0.25, 0.3) is 0 Å². The molecule has 0 bridgehead atoms. The SMILES string of the molecule is CC(C)[C@@H](CO)NC(=O)c1cn2c(n1)CCCC2. The van der Waals surface area contributed by atoms with E-state index in [9.17, 15) is 9.90 Å². The fourth-order valence-corrected chi connectivity index (χ4v) is 2.19. The molecule has 0 radical (unpaired) electrons. The molecule has 1 aliphatic heterocycles. The lowest BCUT2D eigenvalue weighted by atomic mass is 10.1. The number of hydrogen-bond donors (Lipinski definition) is 2. The van der Waals surface area contributed by atoms with Gasteiger partial charge in [0.25, 0.3) is 5.91 Å². The molecule has 1 aromatic rings. The zero-order valence-corrected chi connectivity index (χ0v) is 11.0. The number of nitrogens with one attached hydrogen (secondary N) is 1. The zero-order chi connectivity index (χ0) is 13.1. The van der Waals surface area contributed by atoms with Crippen molar-refractivity contribution >= 4 is 5.91 Å². The number of carbonyl (C=O) groups is 1. The summed E-state index contributed by atoms with van der Waals surface area (Å²) < 4.78 is 2.06. The Morgan fingerprint density at radius 1 is 1.56 bits per heavy atom. The summed E-state index contributed by atoms with van der Waals surface area (Å²) in [6.07, 6.45) is 5.05. The average molecular weight is 251 g/mol. The van der Waals surface area contributed by atoms with Gasteiger partial charge in [-0.1, -0.05) is 13.8 Å². The highest BCUT2D eigenvalue weighted by atomic mass is 16.3. The van der Waals surface area contributed by atoms with Gasteiger partial charge in [0.15, 0.2) is 0 Å². The van der Waals surface area contributed by atoms with Crippen LogP contribution in [0.3, 0.4) is 0 Å². The summed E-state index contributed by atoms with van der Waals surface area (Å²) in [5.74, 6) is 1.01. The first-order valence-electron chi connectivity index (χ1n) is 6.59. The average Bonchev–Trinajstić information content (AvgIpc) is 2.79. The molecule has 0 saturated heterocycles. The van der Waals surface area contributed by atoms with Crippen molar-refractivity contribution in [3.05, 3.63) is 17.7 Å². The minimum absolute atomic E-state index is 0.0447. The lowest BCUT2D eigenvalue weighted by molar-refractivity contribution is 0.0892. The standard InChI is InChI=1S/C13H21N3O2/c1-9(2)11(8-17)15-13(18)10-7-16-6-4-3-5-12(16)14-10/h7,9,11,17H,3-6,8H2,1-2H3,(H,15,18)/t11-/m1/s1. The zero-order valence-electron chi connectivity index (χ0n) is 11.0. The minimum atomic E-state index is -0.212. The summed E-state index contributed by atoms with van der Waals surface area (Å²) in [5.41, 5.74) is 0.464. The number of amides is 1. The van der Waals surface area contributed by atoms with E-state index >= 15 is 0 Å². The number of aryl methyl sites for hydroxylation is 2. The molecule has 18 heavy (non-hydrogen) atoms. The van der Waals surface area contributed by atoms with Gasteiger partial charge < -0.3 is 15.0 Å². The second-order valence-electron chi connectivity index (χ2n) is 5.20. The third-order valence-corrected chi connectivity index (χ3v) is 3.46. The van der Waals surface area contributed by atoms with Gasteiger partial charge in [-0.2, -0.15) is 0 Å². The monoisotopic (exact) mass is 251 g/mol. The molecule has 2 N–H and O–H groups in total. The maximum absolute atomic E-state index is 12.0. The van der Waals surface area contributed by atoms with Gasteiger partial charge >= 0.3 is 0 Å². The smallest absolute Gasteiger partial charge is 0.271 e. The minimum Gasteiger partial charge on any atom is -0.394 e. The van der Waals surface area contributed by atoms with Crippen molar-refractivity contribution in [3.63, 3.8) is 0 Å². The number of nitrogens with zero attached hydrogens (tertiary/aromatic N) is 2. The van der Waals surface area contributed by atoms with Crippen LogP contribution in [-0.4, -0.2) is 33.2 Å². The van der Waals surface area contributed by atoms with E-state index in [1.54, 1.807) is 0 Å². The number of fused-ring (bicyclic) bond motifs is 1. The Bertz CT molecular complexity index is 402. The van der Waals surface area contributed by atoms with Crippen molar-refractivity contribution in [2.24, 2.45) is 5.92 Å². The molecule has 0 aromatic carbocycles. The summed E-state index contributed by atoms with van der Waals surface area (Å²) in [6, 6.07) is -0.212. The number of carbonyl (C=O) groups excluding carboxylic acids is 1. The van der Waals surface area contributed by atoms with E-state index in [-0.39, 0.29) is 24.5 Å². The van der Waals surface area contributed by atoms with Gasteiger partial charge in [-0.15, -0.1) is 0 Å². The first-order chi connectivity index (χ1) is 8.61. The number of aliphatic hydroxyl groups excluding tert-OH is 1. The molecule has 0 aliphatic carbocycles. The molecule has 0 fully saturated rings. The van der Waals surface area contributed by atoms with Crippen molar-refractivity contribution < 1.29 is 9.90 Å². The van der Waals surface area contributed by atoms with Crippen LogP contribution in [0.2, 0.25) is 0 Å². The number of rotatable bonds is 4. The van der Waals surface area contributed by atoms with Gasteiger partial charge in [0.1, 0.15) is 11.5 Å². The van der Waals surface area contributed by atoms with Crippen LogP contribution < -0.4 is 5.32 Å². The van der Waals surface area contributed by atoms with Gasteiger partial charge in [-0.05, 0) is 18.8 Å². The number of imidazole rings is 1. The molecular formula is C13H21N3O2. The van der Waals surface area contributed by atoms with Gasteiger partial charge in [0.2, 0.25) is 0 Å². The Morgan fingerprint density at radius 3 is 2.94 bits per heavy atom. The third-order valence-electron chi connectivity index (χ3n) is 3.46. The fourth-order valence-electron chi connectivity index (χ4n) is 2.19. The largest absolute Gasteiger partial charge is 0.394 e. The van der Waals surface area contributed by atoms with Crippen LogP contribution in [0.15, 0.2) is 6.20 Å². The van der Waals surface area contributed by atoms with Crippen molar-refractivity contribution in [2.75, 3.05) is 6.61 Å². The third kappa shape index (κ3) is 2.72. The first-order valence-corrected chi connectivity index (χ1v) is 6.59. The van der Waals surface area contributed by atoms with Crippen LogP contribution >= 0.6 is 0 Å². The molecule has 5 nitrogen and oxygen atoms in total. The molecule has 100 valence electrons. The maximum Gasteiger partial charge on any atom is 0.271 e. The van der Waals surface area contributed by atoms with Gasteiger partial charge in [0.05, 0.1) is 12.6 Å². The molecule has 1 aliphatic rings. The molecule has 0 saturated carbocycles. The van der Waals surface area contributed by atoms with E-state index in [4.69, 9.17) is 0 Å². The van der Waals surface area contributed by atoms with Crippen molar-refractivity contribution in [3.8, 4) is 0 Å². The number of aliphatic hydroxyl groups is 1. The highest BCUT2D eigenvalue weighted by Gasteiger charge is 2.20. The normalized spacial score (nSPS) is 16.4. The first kappa shape index (κ1) is 13.1. The second-order valence-corrected chi connectivity index (χ2v) is 5.20. The maximum atomic E-state index is 12.0. The molecule has 1 atom stereocenters. The van der Waals surface area contributed by atoms with E-state index in [0.717, 1.165) is 31.6 Å². The van der Waals surface area contributed by atoms with Gasteiger partial charge in [0, 0.05) is 19.2 Å². The number of aromatic nitrogens is 2. The molecule has 1 aromatic heterocycles. The van der Waals surface area contributed by atoms with Crippen molar-refractivity contribution in [1.82, 2.24) is 14.9 Å². The van der Waals surface area contributed by atoms with Crippen molar-refractivity contribution in [1.29, 1.82) is 0 Å². The molecular weight excluding hydrogens is 230 g/mol. The van der Waals surface area contributed by atoms with E-state index in [1.807, 2.05) is 20.0 Å². The molecule has 0 unspecified atom stereocenters. The highest BCUT2D eigenvalue weighted by molar-refractivity contribution is 5.92. The second kappa shape index (κ2) is 5.52.